The normalized spacial score (nSPS) is 16.5. The van der Waals surface area contributed by atoms with E-state index in [1.807, 2.05) is 30.7 Å². The number of H-pyrrole nitrogens is 1. The standard InChI is InChI=1S/C23H29ClN6O/c1-5-17-11-20(31)27-23(26-17)16-8-9-19(25-12-16)29-10-6-7-18(29)21-15(4)28-30(22(21)24)13-14(2)3/h8-9,11-12,14,18H,5-7,10,13H2,1-4H3,(H,26,27,31). The Kier molecular flexibility index (Phi) is 6.14. The molecule has 1 aliphatic heterocycles. The van der Waals surface area contributed by atoms with Crippen LogP contribution in [0.1, 0.15) is 56.6 Å². The number of aryl methyl sites for hydroxylation is 2. The van der Waals surface area contributed by atoms with Gasteiger partial charge >= 0.3 is 0 Å². The molecule has 8 heteroatoms. The van der Waals surface area contributed by atoms with Gasteiger partial charge in [0.05, 0.1) is 11.7 Å². The van der Waals surface area contributed by atoms with Gasteiger partial charge in [-0.25, -0.2) is 9.97 Å². The van der Waals surface area contributed by atoms with Gasteiger partial charge in [-0.1, -0.05) is 32.4 Å². The van der Waals surface area contributed by atoms with E-state index in [-0.39, 0.29) is 11.6 Å². The van der Waals surface area contributed by atoms with Crippen molar-refractivity contribution in [3.63, 3.8) is 0 Å². The predicted molar refractivity (Wildman–Crippen MR) is 124 cm³/mol. The molecule has 1 aliphatic rings. The second kappa shape index (κ2) is 8.83. The van der Waals surface area contributed by atoms with Crippen molar-refractivity contribution in [1.29, 1.82) is 0 Å². The fourth-order valence-electron chi connectivity index (χ4n) is 4.28. The molecule has 0 aromatic carbocycles. The van der Waals surface area contributed by atoms with E-state index in [1.165, 1.54) is 6.07 Å². The van der Waals surface area contributed by atoms with E-state index in [9.17, 15) is 4.79 Å². The van der Waals surface area contributed by atoms with Crippen LogP contribution in [-0.4, -0.2) is 31.3 Å². The van der Waals surface area contributed by atoms with Crippen molar-refractivity contribution < 1.29 is 0 Å². The van der Waals surface area contributed by atoms with Crippen LogP contribution < -0.4 is 10.5 Å². The number of nitrogens with zero attached hydrogens (tertiary/aromatic N) is 5. The Labute approximate surface area is 187 Å². The number of pyridine rings is 1. The Morgan fingerprint density at radius 1 is 1.32 bits per heavy atom. The molecule has 0 amide bonds. The fraction of sp³-hybridized carbons (Fsp3) is 0.478. The van der Waals surface area contributed by atoms with Gasteiger partial charge in [-0.3, -0.25) is 9.48 Å². The van der Waals surface area contributed by atoms with E-state index in [1.54, 1.807) is 6.20 Å². The molecule has 0 saturated carbocycles. The predicted octanol–water partition coefficient (Wildman–Crippen LogP) is 4.55. The maximum atomic E-state index is 11.9. The third-order valence-corrected chi connectivity index (χ3v) is 6.10. The molecule has 0 spiro atoms. The van der Waals surface area contributed by atoms with E-state index in [0.717, 1.165) is 59.4 Å². The van der Waals surface area contributed by atoms with Gasteiger partial charge in [0.15, 0.2) is 0 Å². The van der Waals surface area contributed by atoms with Crippen LogP contribution in [0.3, 0.4) is 0 Å². The molecule has 1 fully saturated rings. The highest BCUT2D eigenvalue weighted by Crippen LogP contribution is 2.40. The summed E-state index contributed by atoms with van der Waals surface area (Å²) >= 11 is 6.77. The van der Waals surface area contributed by atoms with Crippen LogP contribution in [0.5, 0.6) is 0 Å². The van der Waals surface area contributed by atoms with Crippen molar-refractivity contribution in [2.24, 2.45) is 5.92 Å². The van der Waals surface area contributed by atoms with Gasteiger partial charge < -0.3 is 9.88 Å². The number of rotatable bonds is 6. The molecule has 4 rings (SSSR count). The van der Waals surface area contributed by atoms with E-state index >= 15 is 0 Å². The number of hydrogen-bond acceptors (Lipinski definition) is 5. The van der Waals surface area contributed by atoms with Gasteiger partial charge in [0.2, 0.25) is 0 Å². The lowest BCUT2D eigenvalue weighted by atomic mass is 10.1. The second-order valence-corrected chi connectivity index (χ2v) is 8.92. The first-order valence-electron chi connectivity index (χ1n) is 10.9. The van der Waals surface area contributed by atoms with Crippen molar-refractivity contribution >= 4 is 17.4 Å². The van der Waals surface area contributed by atoms with Crippen LogP contribution >= 0.6 is 11.6 Å². The van der Waals surface area contributed by atoms with Gasteiger partial charge in [0, 0.05) is 42.2 Å². The summed E-state index contributed by atoms with van der Waals surface area (Å²) in [5.74, 6) is 1.92. The number of aromatic nitrogens is 5. The van der Waals surface area contributed by atoms with Gasteiger partial charge in [0.25, 0.3) is 5.56 Å². The molecule has 3 aromatic rings. The molecule has 0 radical (unpaired) electrons. The summed E-state index contributed by atoms with van der Waals surface area (Å²) in [4.78, 5) is 26.2. The minimum Gasteiger partial charge on any atom is -0.349 e. The average Bonchev–Trinajstić information content (AvgIpc) is 3.31. The maximum absolute atomic E-state index is 11.9. The molecule has 0 bridgehead atoms. The first kappa shape index (κ1) is 21.6. The van der Waals surface area contributed by atoms with Gasteiger partial charge in [-0.05, 0) is 44.2 Å². The Morgan fingerprint density at radius 3 is 2.81 bits per heavy atom. The van der Waals surface area contributed by atoms with Crippen LogP contribution in [0.4, 0.5) is 5.82 Å². The Balaban J connectivity index is 1.62. The van der Waals surface area contributed by atoms with Gasteiger partial charge in [-0.2, -0.15) is 5.10 Å². The number of hydrogen-bond donors (Lipinski definition) is 1. The molecule has 4 heterocycles. The highest BCUT2D eigenvalue weighted by atomic mass is 35.5. The molecule has 7 nitrogen and oxygen atoms in total. The van der Waals surface area contributed by atoms with Gasteiger partial charge in [-0.15, -0.1) is 0 Å². The SMILES string of the molecule is CCc1cc(=O)[nH]c(-c2ccc(N3CCCC3c3c(C)nn(CC(C)C)c3Cl)nc2)n1. The van der Waals surface area contributed by atoms with Crippen molar-refractivity contribution in [1.82, 2.24) is 24.7 Å². The fourth-order valence-corrected chi connectivity index (χ4v) is 4.64. The Morgan fingerprint density at radius 2 is 2.13 bits per heavy atom. The topological polar surface area (TPSA) is 79.7 Å². The smallest absolute Gasteiger partial charge is 0.251 e. The molecule has 1 unspecified atom stereocenters. The van der Waals surface area contributed by atoms with Crippen molar-refractivity contribution in [2.45, 2.75) is 59.5 Å². The van der Waals surface area contributed by atoms with Crippen LogP contribution in [0.25, 0.3) is 11.4 Å². The Bertz CT molecular complexity index is 1120. The summed E-state index contributed by atoms with van der Waals surface area (Å²) in [6, 6.07) is 5.65. The average molecular weight is 441 g/mol. The minimum absolute atomic E-state index is 0.144. The van der Waals surface area contributed by atoms with E-state index in [4.69, 9.17) is 21.7 Å². The summed E-state index contributed by atoms with van der Waals surface area (Å²) in [7, 11) is 0. The molecular weight excluding hydrogens is 412 g/mol. The molecule has 1 N–H and O–H groups in total. The lowest BCUT2D eigenvalue weighted by molar-refractivity contribution is 0.481. The lowest BCUT2D eigenvalue weighted by Gasteiger charge is -2.26. The molecule has 3 aromatic heterocycles. The highest BCUT2D eigenvalue weighted by Gasteiger charge is 2.32. The molecule has 0 aliphatic carbocycles. The van der Waals surface area contributed by atoms with Gasteiger partial charge in [0.1, 0.15) is 16.8 Å². The summed E-state index contributed by atoms with van der Waals surface area (Å²) < 4.78 is 1.92. The number of aromatic amines is 1. The second-order valence-electron chi connectivity index (χ2n) is 8.56. The third-order valence-electron chi connectivity index (χ3n) is 5.71. The third kappa shape index (κ3) is 4.37. The van der Waals surface area contributed by atoms with Crippen molar-refractivity contribution in [2.75, 3.05) is 11.4 Å². The van der Waals surface area contributed by atoms with Crippen LogP contribution in [0.15, 0.2) is 29.2 Å². The summed E-state index contributed by atoms with van der Waals surface area (Å²) in [6.45, 7) is 10.1. The summed E-state index contributed by atoms with van der Waals surface area (Å²) in [5, 5.41) is 5.43. The van der Waals surface area contributed by atoms with Crippen LogP contribution in [-0.2, 0) is 13.0 Å². The molecule has 31 heavy (non-hydrogen) atoms. The monoisotopic (exact) mass is 440 g/mol. The number of nitrogens with one attached hydrogen (secondary N) is 1. The molecular formula is C23H29ClN6O. The molecule has 164 valence electrons. The molecule has 1 atom stereocenters. The van der Waals surface area contributed by atoms with E-state index in [0.29, 0.717) is 18.2 Å². The first-order valence-corrected chi connectivity index (χ1v) is 11.3. The zero-order chi connectivity index (χ0) is 22.1. The highest BCUT2D eigenvalue weighted by molar-refractivity contribution is 6.30. The zero-order valence-corrected chi connectivity index (χ0v) is 19.3. The van der Waals surface area contributed by atoms with E-state index in [2.05, 4.69) is 28.7 Å². The van der Waals surface area contributed by atoms with E-state index < -0.39 is 0 Å². The van der Waals surface area contributed by atoms with Crippen LogP contribution in [0.2, 0.25) is 5.15 Å². The minimum atomic E-state index is -0.144. The summed E-state index contributed by atoms with van der Waals surface area (Å²) in [6.07, 6.45) is 4.58. The molecule has 1 saturated heterocycles. The largest absolute Gasteiger partial charge is 0.349 e. The summed E-state index contributed by atoms with van der Waals surface area (Å²) in [5.41, 5.74) is 3.51. The maximum Gasteiger partial charge on any atom is 0.251 e. The lowest BCUT2D eigenvalue weighted by Crippen LogP contribution is -2.24. The Hall–Kier alpha value is -2.67. The zero-order valence-electron chi connectivity index (χ0n) is 18.5. The number of halogens is 1. The van der Waals surface area contributed by atoms with Crippen molar-refractivity contribution in [3.05, 3.63) is 56.9 Å². The van der Waals surface area contributed by atoms with Crippen molar-refractivity contribution in [3.8, 4) is 11.4 Å². The quantitative estimate of drug-likeness (QED) is 0.608. The number of anilines is 1. The first-order chi connectivity index (χ1) is 14.9. The van der Waals surface area contributed by atoms with Crippen LogP contribution in [0, 0.1) is 12.8 Å².